The smallest absolute Gasteiger partial charge is 0.315 e. The summed E-state index contributed by atoms with van der Waals surface area (Å²) in [5.41, 5.74) is 2.16. The predicted molar refractivity (Wildman–Crippen MR) is 96.3 cm³/mol. The Morgan fingerprint density at radius 2 is 2.24 bits per heavy atom. The molecule has 1 aliphatic heterocycles. The quantitative estimate of drug-likeness (QED) is 0.821. The molecule has 25 heavy (non-hydrogen) atoms. The maximum Gasteiger partial charge on any atom is 0.315 e. The number of carbonyl (C=O) groups is 1. The fraction of sp³-hybridized carbons (Fsp3) is 0.579. The van der Waals surface area contributed by atoms with Gasteiger partial charge in [0.15, 0.2) is 0 Å². The molecular formula is C19H26N4O2. The van der Waals surface area contributed by atoms with Crippen molar-refractivity contribution in [2.45, 2.75) is 45.4 Å². The Bertz CT molecular complexity index is 770. The molecule has 1 saturated carbocycles. The SMILES string of the molecule is CC1(C)[C@H](NC(=O)NCCCn2cnc3ccccc32)[C@@H]2CCO[C@@H]21. The second kappa shape index (κ2) is 6.33. The number of imidazole rings is 1. The van der Waals surface area contributed by atoms with Crippen molar-refractivity contribution < 1.29 is 9.53 Å². The minimum atomic E-state index is -0.0704. The Morgan fingerprint density at radius 3 is 3.12 bits per heavy atom. The van der Waals surface area contributed by atoms with Crippen molar-refractivity contribution in [2.24, 2.45) is 11.3 Å². The molecule has 0 unspecified atom stereocenters. The van der Waals surface area contributed by atoms with Gasteiger partial charge in [0.1, 0.15) is 0 Å². The van der Waals surface area contributed by atoms with Crippen molar-refractivity contribution in [3.63, 3.8) is 0 Å². The first-order chi connectivity index (χ1) is 12.1. The van der Waals surface area contributed by atoms with E-state index in [1.54, 1.807) is 0 Å². The second-order valence-corrected chi connectivity index (χ2v) is 7.72. The lowest BCUT2D eigenvalue weighted by Crippen LogP contribution is -2.67. The minimum absolute atomic E-state index is 0.0221. The van der Waals surface area contributed by atoms with E-state index in [0.717, 1.165) is 37.0 Å². The van der Waals surface area contributed by atoms with Crippen LogP contribution in [0.3, 0.4) is 0 Å². The number of hydrogen-bond acceptors (Lipinski definition) is 3. The van der Waals surface area contributed by atoms with Crippen molar-refractivity contribution in [3.8, 4) is 0 Å². The number of hydrogen-bond donors (Lipinski definition) is 2. The maximum absolute atomic E-state index is 12.2. The van der Waals surface area contributed by atoms with Gasteiger partial charge in [-0.2, -0.15) is 0 Å². The van der Waals surface area contributed by atoms with Gasteiger partial charge in [0.2, 0.25) is 0 Å². The van der Waals surface area contributed by atoms with Crippen LogP contribution in [0.15, 0.2) is 30.6 Å². The number of urea groups is 1. The summed E-state index contributed by atoms with van der Waals surface area (Å²) in [6.07, 6.45) is 4.08. The van der Waals surface area contributed by atoms with Gasteiger partial charge in [-0.15, -0.1) is 0 Å². The van der Waals surface area contributed by atoms with Crippen LogP contribution in [0.5, 0.6) is 0 Å². The molecule has 0 bridgehead atoms. The highest BCUT2D eigenvalue weighted by Crippen LogP contribution is 2.51. The molecule has 2 amide bonds. The topological polar surface area (TPSA) is 68.2 Å². The van der Waals surface area contributed by atoms with E-state index in [9.17, 15) is 4.79 Å². The fourth-order valence-corrected chi connectivity index (χ4v) is 4.45. The number of benzene rings is 1. The van der Waals surface area contributed by atoms with Gasteiger partial charge in [0, 0.05) is 37.1 Å². The number of nitrogens with zero attached hydrogens (tertiary/aromatic N) is 2. The van der Waals surface area contributed by atoms with Crippen LogP contribution in [0.1, 0.15) is 26.7 Å². The van der Waals surface area contributed by atoms with Gasteiger partial charge in [-0.3, -0.25) is 0 Å². The van der Waals surface area contributed by atoms with Crippen LogP contribution in [0.2, 0.25) is 0 Å². The van der Waals surface area contributed by atoms with Gasteiger partial charge < -0.3 is 19.9 Å². The van der Waals surface area contributed by atoms with Crippen molar-refractivity contribution in [3.05, 3.63) is 30.6 Å². The van der Waals surface area contributed by atoms with Crippen molar-refractivity contribution in [2.75, 3.05) is 13.2 Å². The second-order valence-electron chi connectivity index (χ2n) is 7.72. The summed E-state index contributed by atoms with van der Waals surface area (Å²) >= 11 is 0. The molecular weight excluding hydrogens is 316 g/mol. The third-order valence-electron chi connectivity index (χ3n) is 5.78. The average Bonchev–Trinajstić information content (AvgIpc) is 3.22. The van der Waals surface area contributed by atoms with E-state index in [2.05, 4.69) is 40.1 Å². The number of ether oxygens (including phenoxy) is 1. The largest absolute Gasteiger partial charge is 0.377 e. The summed E-state index contributed by atoms with van der Waals surface area (Å²) in [5, 5.41) is 6.14. The number of nitrogens with one attached hydrogen (secondary N) is 2. The first-order valence-electron chi connectivity index (χ1n) is 9.13. The summed E-state index contributed by atoms with van der Waals surface area (Å²) in [6, 6.07) is 8.23. The number of amides is 2. The van der Waals surface area contributed by atoms with Crippen LogP contribution in [0.4, 0.5) is 4.79 Å². The lowest BCUT2D eigenvalue weighted by Gasteiger charge is -2.54. The summed E-state index contributed by atoms with van der Waals surface area (Å²) in [7, 11) is 0. The first-order valence-corrected chi connectivity index (χ1v) is 9.13. The molecule has 2 N–H and O–H groups in total. The molecule has 1 aromatic heterocycles. The number of carbonyl (C=O) groups excluding carboxylic acids is 1. The van der Waals surface area contributed by atoms with Crippen LogP contribution in [0.25, 0.3) is 11.0 Å². The molecule has 2 fully saturated rings. The van der Waals surface area contributed by atoms with Gasteiger partial charge in [-0.1, -0.05) is 26.0 Å². The van der Waals surface area contributed by atoms with Gasteiger partial charge in [0.05, 0.1) is 23.5 Å². The summed E-state index contributed by atoms with van der Waals surface area (Å²) in [4.78, 5) is 16.6. The van der Waals surface area contributed by atoms with E-state index in [-0.39, 0.29) is 17.5 Å². The van der Waals surface area contributed by atoms with Crippen LogP contribution >= 0.6 is 0 Å². The zero-order valence-corrected chi connectivity index (χ0v) is 14.9. The molecule has 1 aromatic carbocycles. The molecule has 1 saturated heterocycles. The van der Waals surface area contributed by atoms with Crippen molar-refractivity contribution in [1.29, 1.82) is 0 Å². The minimum Gasteiger partial charge on any atom is -0.377 e. The molecule has 2 aromatic rings. The first kappa shape index (κ1) is 16.4. The molecule has 6 nitrogen and oxygen atoms in total. The number of rotatable bonds is 5. The Balaban J connectivity index is 1.23. The van der Waals surface area contributed by atoms with Crippen LogP contribution in [-0.2, 0) is 11.3 Å². The monoisotopic (exact) mass is 342 g/mol. The number of para-hydroxylation sites is 2. The van der Waals surface area contributed by atoms with E-state index >= 15 is 0 Å². The number of aryl methyl sites for hydroxylation is 1. The lowest BCUT2D eigenvalue weighted by molar-refractivity contribution is -0.108. The highest BCUT2D eigenvalue weighted by molar-refractivity contribution is 5.75. The number of fused-ring (bicyclic) bond motifs is 2. The summed E-state index contributed by atoms with van der Waals surface area (Å²) in [5.74, 6) is 0.470. The zero-order valence-electron chi connectivity index (χ0n) is 14.9. The highest BCUT2D eigenvalue weighted by atomic mass is 16.5. The third-order valence-corrected chi connectivity index (χ3v) is 5.78. The van der Waals surface area contributed by atoms with E-state index in [4.69, 9.17) is 4.74 Å². The van der Waals surface area contributed by atoms with Crippen molar-refractivity contribution in [1.82, 2.24) is 20.2 Å². The van der Waals surface area contributed by atoms with E-state index < -0.39 is 0 Å². The Hall–Kier alpha value is -2.08. The fourth-order valence-electron chi connectivity index (χ4n) is 4.45. The molecule has 2 aliphatic rings. The standard InChI is InChI=1S/C19H26N4O2/c1-19(2)16(13-8-11-25-17(13)19)22-18(24)20-9-5-10-23-12-21-14-6-3-4-7-15(14)23/h3-4,6-7,12-13,16-17H,5,8-11H2,1-2H3,(H2,20,22,24)/t13-,16+,17-/m0/s1. The van der Waals surface area contributed by atoms with Crippen molar-refractivity contribution >= 4 is 17.1 Å². The maximum atomic E-state index is 12.2. The molecule has 4 rings (SSSR count). The highest BCUT2D eigenvalue weighted by Gasteiger charge is 2.59. The lowest BCUT2D eigenvalue weighted by atomic mass is 9.57. The summed E-state index contributed by atoms with van der Waals surface area (Å²) < 4.78 is 7.90. The van der Waals surface area contributed by atoms with Gasteiger partial charge in [-0.25, -0.2) is 9.78 Å². The average molecular weight is 342 g/mol. The third kappa shape index (κ3) is 2.88. The van der Waals surface area contributed by atoms with Gasteiger partial charge in [0.25, 0.3) is 0 Å². The van der Waals surface area contributed by atoms with E-state index in [0.29, 0.717) is 18.6 Å². The van der Waals surface area contributed by atoms with Gasteiger partial charge >= 0.3 is 6.03 Å². The summed E-state index contributed by atoms with van der Waals surface area (Å²) in [6.45, 7) is 6.66. The molecule has 2 heterocycles. The normalized spacial score (nSPS) is 26.9. The molecule has 6 heteroatoms. The molecule has 0 radical (unpaired) electrons. The zero-order chi connectivity index (χ0) is 17.4. The Kier molecular flexibility index (Phi) is 4.15. The number of aromatic nitrogens is 2. The van der Waals surface area contributed by atoms with Gasteiger partial charge in [-0.05, 0) is 25.0 Å². The van der Waals surface area contributed by atoms with E-state index in [1.807, 2.05) is 24.5 Å². The van der Waals surface area contributed by atoms with Crippen LogP contribution in [-0.4, -0.2) is 40.9 Å². The Morgan fingerprint density at radius 1 is 1.40 bits per heavy atom. The van der Waals surface area contributed by atoms with E-state index in [1.165, 1.54) is 0 Å². The molecule has 134 valence electrons. The molecule has 1 aliphatic carbocycles. The Labute approximate surface area is 147 Å². The molecule has 3 atom stereocenters. The van der Waals surface area contributed by atoms with Crippen LogP contribution < -0.4 is 10.6 Å². The predicted octanol–water partition coefficient (Wildman–Crippen LogP) is 2.54. The molecule has 0 spiro atoms. The van der Waals surface area contributed by atoms with Crippen LogP contribution in [0, 0.1) is 11.3 Å².